The highest BCUT2D eigenvalue weighted by molar-refractivity contribution is 5.84. The largest absolute Gasteiger partial charge is 0.497 e. The Hall–Kier alpha value is -2.44. The van der Waals surface area contributed by atoms with Gasteiger partial charge in [0.1, 0.15) is 5.75 Å². The maximum absolute atomic E-state index is 12.9. The molecule has 1 atom stereocenters. The number of ether oxygens (including phenoxy) is 1. The number of halogens is 3. The number of methoxy groups -OCH3 is 1. The van der Waals surface area contributed by atoms with Crippen molar-refractivity contribution in [3.63, 3.8) is 0 Å². The van der Waals surface area contributed by atoms with Crippen molar-refractivity contribution in [2.24, 2.45) is 5.92 Å². The van der Waals surface area contributed by atoms with E-state index in [1.165, 1.54) is 4.90 Å². The van der Waals surface area contributed by atoms with Crippen molar-refractivity contribution in [3.05, 3.63) is 42.0 Å². The Labute approximate surface area is 149 Å². The van der Waals surface area contributed by atoms with E-state index in [1.807, 2.05) is 36.4 Å². The Morgan fingerprint density at radius 3 is 2.69 bits per heavy atom. The summed E-state index contributed by atoms with van der Waals surface area (Å²) in [6.07, 6.45) is -3.80. The third-order valence-electron chi connectivity index (χ3n) is 4.73. The predicted molar refractivity (Wildman–Crippen MR) is 93.1 cm³/mol. The second-order valence-corrected chi connectivity index (χ2v) is 6.53. The molecule has 1 N–H and O–H groups in total. The zero-order valence-electron chi connectivity index (χ0n) is 14.5. The van der Waals surface area contributed by atoms with E-state index in [9.17, 15) is 18.0 Å². The molecule has 1 aliphatic rings. The molecule has 1 heterocycles. The molecule has 4 nitrogen and oxygen atoms in total. The molecule has 7 heteroatoms. The lowest BCUT2D eigenvalue weighted by Crippen LogP contribution is -2.48. The fourth-order valence-corrected chi connectivity index (χ4v) is 3.23. The van der Waals surface area contributed by atoms with Crippen LogP contribution in [0.2, 0.25) is 0 Å². The van der Waals surface area contributed by atoms with E-state index >= 15 is 0 Å². The first-order chi connectivity index (χ1) is 12.4. The first-order valence-corrected chi connectivity index (χ1v) is 8.53. The van der Waals surface area contributed by atoms with E-state index < -0.39 is 18.1 Å². The minimum absolute atomic E-state index is 0.0847. The number of carbonyl (C=O) groups excluding carboxylic acids is 1. The number of likely N-dealkylation sites (tertiary alicyclic amines) is 1. The van der Waals surface area contributed by atoms with Gasteiger partial charge in [0, 0.05) is 19.6 Å². The summed E-state index contributed by atoms with van der Waals surface area (Å²) in [5.41, 5.74) is 0.889. The Morgan fingerprint density at radius 1 is 1.23 bits per heavy atom. The van der Waals surface area contributed by atoms with Gasteiger partial charge in [-0.1, -0.05) is 18.2 Å². The average molecular weight is 366 g/mol. The van der Waals surface area contributed by atoms with Crippen LogP contribution in [0.4, 0.5) is 18.0 Å². The van der Waals surface area contributed by atoms with Crippen molar-refractivity contribution < 1.29 is 22.7 Å². The molecule has 3 rings (SSSR count). The van der Waals surface area contributed by atoms with Crippen LogP contribution in [0.25, 0.3) is 10.8 Å². The lowest BCUT2D eigenvalue weighted by Gasteiger charge is -2.33. The molecule has 1 unspecified atom stereocenters. The van der Waals surface area contributed by atoms with Crippen LogP contribution < -0.4 is 10.1 Å². The standard InChI is InChI=1S/C19H21F3N2O2/c1-26-17-7-6-14-9-13(4-5-15(14)10-17)11-23-18(25)24-8-2-3-16(12-24)19(20,21)22/h4-7,9-10,16H,2-3,8,11-12H2,1H3,(H,23,25). The van der Waals surface area contributed by atoms with Gasteiger partial charge in [-0.25, -0.2) is 4.79 Å². The molecule has 140 valence electrons. The van der Waals surface area contributed by atoms with E-state index in [4.69, 9.17) is 4.74 Å². The summed E-state index contributed by atoms with van der Waals surface area (Å²) < 4.78 is 43.8. The Balaban J connectivity index is 1.61. The van der Waals surface area contributed by atoms with Crippen molar-refractivity contribution >= 4 is 16.8 Å². The van der Waals surface area contributed by atoms with Crippen LogP contribution in [0.15, 0.2) is 36.4 Å². The summed E-state index contributed by atoms with van der Waals surface area (Å²) in [7, 11) is 1.61. The van der Waals surface area contributed by atoms with Gasteiger partial charge in [-0.3, -0.25) is 0 Å². The lowest BCUT2D eigenvalue weighted by atomic mass is 9.98. The number of amides is 2. The number of hydrogen-bond donors (Lipinski definition) is 1. The molecule has 26 heavy (non-hydrogen) atoms. The molecule has 1 saturated heterocycles. The molecule has 2 aromatic carbocycles. The van der Waals surface area contributed by atoms with E-state index in [2.05, 4.69) is 5.32 Å². The summed E-state index contributed by atoms with van der Waals surface area (Å²) in [4.78, 5) is 13.5. The maximum Gasteiger partial charge on any atom is 0.393 e. The smallest absolute Gasteiger partial charge is 0.393 e. The number of fused-ring (bicyclic) bond motifs is 1. The van der Waals surface area contributed by atoms with Crippen LogP contribution in [-0.2, 0) is 6.54 Å². The van der Waals surface area contributed by atoms with Gasteiger partial charge in [-0.2, -0.15) is 13.2 Å². The van der Waals surface area contributed by atoms with Gasteiger partial charge in [0.05, 0.1) is 13.0 Å². The molecule has 0 aromatic heterocycles. The molecule has 2 amide bonds. The summed E-state index contributed by atoms with van der Waals surface area (Å²) in [5.74, 6) is -0.666. The summed E-state index contributed by atoms with van der Waals surface area (Å²) in [6, 6.07) is 11.0. The number of alkyl halides is 3. The van der Waals surface area contributed by atoms with Crippen LogP contribution in [-0.4, -0.2) is 37.3 Å². The van der Waals surface area contributed by atoms with Crippen molar-refractivity contribution in [2.45, 2.75) is 25.6 Å². The molecular weight excluding hydrogens is 345 g/mol. The number of nitrogens with zero attached hydrogens (tertiary/aromatic N) is 1. The number of piperidine rings is 1. The number of benzene rings is 2. The monoisotopic (exact) mass is 366 g/mol. The molecule has 2 aromatic rings. The first-order valence-electron chi connectivity index (χ1n) is 8.53. The van der Waals surface area contributed by atoms with Crippen LogP contribution in [0.1, 0.15) is 18.4 Å². The number of nitrogens with one attached hydrogen (secondary N) is 1. The van der Waals surface area contributed by atoms with Crippen LogP contribution in [0.5, 0.6) is 5.75 Å². The van der Waals surface area contributed by atoms with E-state index in [1.54, 1.807) is 7.11 Å². The fraction of sp³-hybridized carbons (Fsp3) is 0.421. The van der Waals surface area contributed by atoms with Gasteiger partial charge in [0.2, 0.25) is 0 Å². The highest BCUT2D eigenvalue weighted by Crippen LogP contribution is 2.33. The Morgan fingerprint density at radius 2 is 1.96 bits per heavy atom. The molecule has 1 fully saturated rings. The second-order valence-electron chi connectivity index (χ2n) is 6.53. The zero-order valence-corrected chi connectivity index (χ0v) is 14.5. The van der Waals surface area contributed by atoms with Gasteiger partial charge in [0.25, 0.3) is 0 Å². The van der Waals surface area contributed by atoms with Crippen LogP contribution >= 0.6 is 0 Å². The Kier molecular flexibility index (Phi) is 5.25. The van der Waals surface area contributed by atoms with E-state index in [0.29, 0.717) is 13.0 Å². The molecule has 0 saturated carbocycles. The van der Waals surface area contributed by atoms with Crippen molar-refractivity contribution in [1.82, 2.24) is 10.2 Å². The summed E-state index contributed by atoms with van der Waals surface area (Å²) in [6.45, 7) is 0.358. The molecular formula is C19H21F3N2O2. The zero-order chi connectivity index (χ0) is 18.7. The van der Waals surface area contributed by atoms with Crippen LogP contribution in [0.3, 0.4) is 0 Å². The summed E-state index contributed by atoms with van der Waals surface area (Å²) in [5, 5.41) is 4.75. The van der Waals surface area contributed by atoms with E-state index in [0.717, 1.165) is 22.1 Å². The minimum Gasteiger partial charge on any atom is -0.497 e. The van der Waals surface area contributed by atoms with Crippen molar-refractivity contribution in [3.8, 4) is 5.75 Å². The fourth-order valence-electron chi connectivity index (χ4n) is 3.23. The number of carbonyl (C=O) groups is 1. The normalized spacial score (nSPS) is 18.0. The SMILES string of the molecule is COc1ccc2cc(CNC(=O)N3CCCC(C(F)(F)F)C3)ccc2c1. The third kappa shape index (κ3) is 4.20. The van der Waals surface area contributed by atoms with Gasteiger partial charge >= 0.3 is 12.2 Å². The molecule has 1 aliphatic heterocycles. The highest BCUT2D eigenvalue weighted by Gasteiger charge is 2.42. The van der Waals surface area contributed by atoms with Crippen LogP contribution in [0, 0.1) is 5.92 Å². The molecule has 0 spiro atoms. The quantitative estimate of drug-likeness (QED) is 0.878. The average Bonchev–Trinajstić information content (AvgIpc) is 2.65. The van der Waals surface area contributed by atoms with Gasteiger partial charge < -0.3 is 15.0 Å². The van der Waals surface area contributed by atoms with E-state index in [-0.39, 0.29) is 19.5 Å². The predicted octanol–water partition coefficient (Wildman–Crippen LogP) is 4.33. The number of urea groups is 1. The molecule has 0 bridgehead atoms. The number of rotatable bonds is 3. The Bertz CT molecular complexity index is 792. The van der Waals surface area contributed by atoms with Gasteiger partial charge in [0.15, 0.2) is 0 Å². The lowest BCUT2D eigenvalue weighted by molar-refractivity contribution is -0.184. The highest BCUT2D eigenvalue weighted by atomic mass is 19.4. The van der Waals surface area contributed by atoms with Gasteiger partial charge in [-0.05, 0) is 47.4 Å². The minimum atomic E-state index is -4.25. The third-order valence-corrected chi connectivity index (χ3v) is 4.73. The first kappa shape index (κ1) is 18.4. The van der Waals surface area contributed by atoms with Crippen molar-refractivity contribution in [1.29, 1.82) is 0 Å². The number of hydrogen-bond acceptors (Lipinski definition) is 2. The molecule has 0 aliphatic carbocycles. The molecule has 0 radical (unpaired) electrons. The van der Waals surface area contributed by atoms with Crippen molar-refractivity contribution in [2.75, 3.05) is 20.2 Å². The topological polar surface area (TPSA) is 41.6 Å². The summed E-state index contributed by atoms with van der Waals surface area (Å²) >= 11 is 0. The second kappa shape index (κ2) is 7.43. The van der Waals surface area contributed by atoms with Gasteiger partial charge in [-0.15, -0.1) is 0 Å². The maximum atomic E-state index is 12.9.